The molecule has 0 unspecified atom stereocenters. The molecule has 136 valence electrons. The normalized spacial score (nSPS) is 18.6. The van der Waals surface area contributed by atoms with Gasteiger partial charge in [-0.3, -0.25) is 10.2 Å². The van der Waals surface area contributed by atoms with Crippen molar-refractivity contribution in [2.24, 2.45) is 0 Å². The summed E-state index contributed by atoms with van der Waals surface area (Å²) in [4.78, 5) is 17.7. The van der Waals surface area contributed by atoms with E-state index in [2.05, 4.69) is 15.6 Å². The Hall–Kier alpha value is -2.15. The summed E-state index contributed by atoms with van der Waals surface area (Å²) in [7, 11) is 0. The van der Waals surface area contributed by atoms with Gasteiger partial charge in [-0.1, -0.05) is 23.4 Å². The first-order chi connectivity index (χ1) is 13.0. The van der Waals surface area contributed by atoms with Crippen LogP contribution in [0.15, 0.2) is 46.8 Å². The van der Waals surface area contributed by atoms with Crippen molar-refractivity contribution >= 4 is 51.6 Å². The number of thiazole rings is 1. The predicted octanol–water partition coefficient (Wildman–Crippen LogP) is 5.62. The maximum Gasteiger partial charge on any atom is 0.186 e. The van der Waals surface area contributed by atoms with Crippen molar-refractivity contribution in [3.05, 3.63) is 73.8 Å². The highest BCUT2D eigenvalue weighted by Crippen LogP contribution is 2.41. The van der Waals surface area contributed by atoms with Crippen LogP contribution in [0.4, 0.5) is 0 Å². The third kappa shape index (κ3) is 3.29. The van der Waals surface area contributed by atoms with Crippen LogP contribution >= 0.6 is 34.7 Å². The number of allylic oxidation sites excluding steroid dienone is 1. The first kappa shape index (κ1) is 18.2. The summed E-state index contributed by atoms with van der Waals surface area (Å²) in [6.45, 7) is 4.06. The summed E-state index contributed by atoms with van der Waals surface area (Å²) >= 11 is 8.65. The molecule has 0 spiro atoms. The Morgan fingerprint density at radius 3 is 2.67 bits per heavy atom. The predicted molar refractivity (Wildman–Crippen MR) is 113 cm³/mol. The number of carbonyl (C=O) groups excluding carboxylic acids is 1. The summed E-state index contributed by atoms with van der Waals surface area (Å²) in [5.41, 5.74) is 4.12. The first-order valence-corrected chi connectivity index (χ1v) is 10.4. The van der Waals surface area contributed by atoms with Crippen LogP contribution in [0.5, 0.6) is 0 Å². The molecule has 0 bridgehead atoms. The maximum atomic E-state index is 12.8. The van der Waals surface area contributed by atoms with Crippen molar-refractivity contribution in [3.63, 3.8) is 0 Å². The number of ketones is 1. The molecule has 4 nitrogen and oxygen atoms in total. The standard InChI is InChI=1S/C20H16ClN3OS2/c1-11-9-13(12(2)24(11)15-5-3-14(21)4-6-15)10-16-18(25)17(19(22)27-16)20-23-7-8-26-20/h3-10,17,22H,1-2H3/b16-10-,22-19?/t17-/m1/s1. The van der Waals surface area contributed by atoms with Gasteiger partial charge < -0.3 is 4.57 Å². The second kappa shape index (κ2) is 7.11. The van der Waals surface area contributed by atoms with Crippen LogP contribution in [0.1, 0.15) is 27.9 Å². The topological polar surface area (TPSA) is 58.7 Å². The molecule has 7 heteroatoms. The van der Waals surface area contributed by atoms with Crippen LogP contribution in [0, 0.1) is 19.3 Å². The van der Waals surface area contributed by atoms with E-state index < -0.39 is 5.92 Å². The summed E-state index contributed by atoms with van der Waals surface area (Å²) < 4.78 is 2.14. The number of halogens is 1. The molecule has 0 amide bonds. The zero-order chi connectivity index (χ0) is 19.1. The van der Waals surface area contributed by atoms with Gasteiger partial charge in [0.2, 0.25) is 0 Å². The molecule has 0 radical (unpaired) electrons. The van der Waals surface area contributed by atoms with Crippen LogP contribution in [0.2, 0.25) is 5.02 Å². The van der Waals surface area contributed by atoms with Gasteiger partial charge in [-0.05, 0) is 55.8 Å². The van der Waals surface area contributed by atoms with E-state index >= 15 is 0 Å². The molecule has 3 aromatic rings. The van der Waals surface area contributed by atoms with Crippen LogP contribution in [-0.4, -0.2) is 20.4 Å². The number of aromatic nitrogens is 2. The number of hydrogen-bond acceptors (Lipinski definition) is 5. The molecular weight excluding hydrogens is 398 g/mol. The van der Waals surface area contributed by atoms with Gasteiger partial charge in [0.15, 0.2) is 5.78 Å². The number of thioether (sulfide) groups is 1. The molecule has 1 aliphatic rings. The van der Waals surface area contributed by atoms with E-state index in [1.54, 1.807) is 6.20 Å². The minimum Gasteiger partial charge on any atom is -0.318 e. The fraction of sp³-hybridized carbons (Fsp3) is 0.150. The molecule has 1 aliphatic heterocycles. The molecule has 1 N–H and O–H groups in total. The molecule has 1 fully saturated rings. The van der Waals surface area contributed by atoms with Crippen molar-refractivity contribution < 1.29 is 4.79 Å². The monoisotopic (exact) mass is 413 g/mol. The van der Waals surface area contributed by atoms with Gasteiger partial charge in [-0.2, -0.15) is 0 Å². The summed E-state index contributed by atoms with van der Waals surface area (Å²) in [5.74, 6) is -0.600. The zero-order valence-corrected chi connectivity index (χ0v) is 17.1. The Labute approximate surface area is 170 Å². The third-order valence-corrected chi connectivity index (χ3v) is 6.61. The van der Waals surface area contributed by atoms with Crippen LogP contribution in [-0.2, 0) is 4.79 Å². The fourth-order valence-electron chi connectivity index (χ4n) is 3.25. The highest BCUT2D eigenvalue weighted by Gasteiger charge is 2.38. The summed E-state index contributed by atoms with van der Waals surface area (Å²) in [5, 5.41) is 11.8. The molecule has 27 heavy (non-hydrogen) atoms. The van der Waals surface area contributed by atoms with E-state index in [9.17, 15) is 4.79 Å². The molecule has 2 aromatic heterocycles. The first-order valence-electron chi connectivity index (χ1n) is 8.32. The smallest absolute Gasteiger partial charge is 0.186 e. The van der Waals surface area contributed by atoms with E-state index in [1.165, 1.54) is 23.1 Å². The molecular formula is C20H16ClN3OS2. The molecule has 1 aromatic carbocycles. The van der Waals surface area contributed by atoms with Crippen molar-refractivity contribution in [2.75, 3.05) is 0 Å². The minimum absolute atomic E-state index is 0.0451. The minimum atomic E-state index is -0.555. The van der Waals surface area contributed by atoms with Crippen molar-refractivity contribution in [2.45, 2.75) is 19.8 Å². The number of Topliss-reactive ketones (excluding diaryl/α,β-unsaturated/α-hetero) is 1. The Bertz CT molecular complexity index is 1070. The number of carbonyl (C=O) groups is 1. The lowest BCUT2D eigenvalue weighted by Crippen LogP contribution is -2.11. The molecule has 4 rings (SSSR count). The Balaban J connectivity index is 1.71. The van der Waals surface area contributed by atoms with E-state index in [4.69, 9.17) is 17.0 Å². The number of hydrogen-bond donors (Lipinski definition) is 1. The van der Waals surface area contributed by atoms with Gasteiger partial charge >= 0.3 is 0 Å². The van der Waals surface area contributed by atoms with Crippen molar-refractivity contribution in [3.8, 4) is 5.69 Å². The molecule has 3 heterocycles. The van der Waals surface area contributed by atoms with E-state index in [1.807, 2.05) is 49.6 Å². The van der Waals surface area contributed by atoms with Crippen LogP contribution in [0.25, 0.3) is 11.8 Å². The Kier molecular flexibility index (Phi) is 4.80. The highest BCUT2D eigenvalue weighted by molar-refractivity contribution is 8.19. The molecule has 1 saturated heterocycles. The number of rotatable bonds is 3. The second-order valence-corrected chi connectivity index (χ2v) is 8.73. The van der Waals surface area contributed by atoms with Gasteiger partial charge in [0.05, 0.1) is 9.95 Å². The summed E-state index contributed by atoms with van der Waals surface area (Å²) in [6.07, 6.45) is 3.57. The van der Waals surface area contributed by atoms with E-state index in [0.29, 0.717) is 20.0 Å². The lowest BCUT2D eigenvalue weighted by atomic mass is 10.1. The second-order valence-electron chi connectivity index (χ2n) is 6.28. The van der Waals surface area contributed by atoms with Crippen molar-refractivity contribution in [1.29, 1.82) is 5.41 Å². The molecule has 0 aliphatic carbocycles. The van der Waals surface area contributed by atoms with Gasteiger partial charge in [0.1, 0.15) is 10.9 Å². The van der Waals surface area contributed by atoms with E-state index in [-0.39, 0.29) is 5.78 Å². The fourth-order valence-corrected chi connectivity index (χ4v) is 5.18. The largest absolute Gasteiger partial charge is 0.318 e. The van der Waals surface area contributed by atoms with Crippen LogP contribution < -0.4 is 0 Å². The lowest BCUT2D eigenvalue weighted by Gasteiger charge is -2.09. The van der Waals surface area contributed by atoms with Gasteiger partial charge in [-0.15, -0.1) is 11.3 Å². The maximum absolute atomic E-state index is 12.8. The number of benzene rings is 1. The summed E-state index contributed by atoms with van der Waals surface area (Å²) in [6, 6.07) is 9.74. The van der Waals surface area contributed by atoms with Gasteiger partial charge in [0, 0.05) is 33.7 Å². The quantitative estimate of drug-likeness (QED) is 0.566. The number of aryl methyl sites for hydroxylation is 1. The third-order valence-electron chi connectivity index (χ3n) is 4.53. The molecule has 1 atom stereocenters. The number of nitrogens with one attached hydrogen (secondary N) is 1. The van der Waals surface area contributed by atoms with E-state index in [0.717, 1.165) is 22.6 Å². The SMILES string of the molecule is Cc1cc(/C=C2\SC(=N)[C@H](c3nccs3)C2=O)c(C)n1-c1ccc(Cl)cc1. The Morgan fingerprint density at radius 1 is 1.26 bits per heavy atom. The molecule has 0 saturated carbocycles. The van der Waals surface area contributed by atoms with Crippen LogP contribution in [0.3, 0.4) is 0 Å². The zero-order valence-electron chi connectivity index (χ0n) is 14.7. The number of nitrogens with zero attached hydrogens (tertiary/aromatic N) is 2. The van der Waals surface area contributed by atoms with Gasteiger partial charge in [0.25, 0.3) is 0 Å². The lowest BCUT2D eigenvalue weighted by molar-refractivity contribution is -0.114. The Morgan fingerprint density at radius 2 is 2.00 bits per heavy atom. The van der Waals surface area contributed by atoms with Crippen molar-refractivity contribution in [1.82, 2.24) is 9.55 Å². The highest BCUT2D eigenvalue weighted by atomic mass is 35.5. The average molecular weight is 414 g/mol. The van der Waals surface area contributed by atoms with Gasteiger partial charge in [-0.25, -0.2) is 4.98 Å². The average Bonchev–Trinajstić information content (AvgIpc) is 3.31.